The van der Waals surface area contributed by atoms with Crippen LogP contribution in [0.4, 0.5) is 21.0 Å². The molecule has 19 nitrogen and oxygen atoms in total. The van der Waals surface area contributed by atoms with E-state index in [4.69, 9.17) is 9.47 Å². The Kier molecular flexibility index (Phi) is 11.5. The van der Waals surface area contributed by atoms with Gasteiger partial charge in [0, 0.05) is 66.5 Å². The number of thioether (sulfide) groups is 1. The Morgan fingerprint density at radius 2 is 1.47 bits per heavy atom. The largest absolute Gasteiger partial charge is 0.477 e. The number of rotatable bonds is 11. The van der Waals surface area contributed by atoms with Crippen LogP contribution in [0.3, 0.4) is 0 Å². The minimum Gasteiger partial charge on any atom is -0.477 e. The van der Waals surface area contributed by atoms with Crippen LogP contribution in [0.25, 0.3) is 0 Å². The van der Waals surface area contributed by atoms with E-state index in [9.17, 15) is 54.4 Å². The van der Waals surface area contributed by atoms with Gasteiger partial charge in [0.2, 0.25) is 11.8 Å². The van der Waals surface area contributed by atoms with Gasteiger partial charge in [-0.1, -0.05) is 6.92 Å². The van der Waals surface area contributed by atoms with Crippen molar-refractivity contribution in [3.63, 3.8) is 0 Å². The molecule has 3 fully saturated rings. The lowest BCUT2D eigenvalue weighted by Crippen LogP contribution is -2.64. The Balaban J connectivity index is 1.17. The van der Waals surface area contributed by atoms with Crippen molar-refractivity contribution >= 4 is 53.1 Å². The molecule has 4 aliphatic heterocycles. The summed E-state index contributed by atoms with van der Waals surface area (Å²) >= 11 is 1.18. The van der Waals surface area contributed by atoms with Crippen LogP contribution in [0, 0.1) is 32.1 Å². The molecule has 304 valence electrons. The number of hydrogen-bond donors (Lipinski definition) is 2. The zero-order valence-electron chi connectivity index (χ0n) is 31.5. The monoisotopic (exact) mass is 810 g/mol. The topological polar surface area (TPSA) is 244 Å². The number of carbonyl (C=O) groups is 5. The van der Waals surface area contributed by atoms with Gasteiger partial charge in [-0.25, -0.2) is 14.4 Å². The zero-order valence-corrected chi connectivity index (χ0v) is 32.3. The number of amides is 4. The molecule has 4 aliphatic rings. The number of aliphatic carboxylic acids is 1. The number of ether oxygens (including phenoxy) is 2. The third kappa shape index (κ3) is 8.09. The summed E-state index contributed by atoms with van der Waals surface area (Å²) in [6, 6.07) is 9.45. The highest BCUT2D eigenvalue weighted by atomic mass is 32.2. The Labute approximate surface area is 330 Å². The summed E-state index contributed by atoms with van der Waals surface area (Å²) in [5.41, 5.74) is -0.322. The van der Waals surface area contributed by atoms with Crippen LogP contribution in [0.15, 0.2) is 59.1 Å². The van der Waals surface area contributed by atoms with Crippen molar-refractivity contribution in [2.45, 2.75) is 76.3 Å². The van der Waals surface area contributed by atoms with Gasteiger partial charge in [0.25, 0.3) is 11.4 Å². The quantitative estimate of drug-likeness (QED) is 0.187. The predicted molar refractivity (Wildman–Crippen MR) is 200 cm³/mol. The minimum atomic E-state index is -1.30. The van der Waals surface area contributed by atoms with Crippen LogP contribution in [-0.4, -0.2) is 125 Å². The number of benzene rings is 2. The normalized spacial score (nSPS) is 24.4. The second-order valence-corrected chi connectivity index (χ2v) is 16.4. The van der Waals surface area contributed by atoms with Gasteiger partial charge in [0.15, 0.2) is 0 Å². The first-order chi connectivity index (χ1) is 26.9. The van der Waals surface area contributed by atoms with Crippen molar-refractivity contribution in [2.75, 3.05) is 26.2 Å². The van der Waals surface area contributed by atoms with E-state index in [1.165, 1.54) is 81.9 Å². The molecule has 6 atom stereocenters. The van der Waals surface area contributed by atoms with Crippen LogP contribution < -0.4 is 0 Å². The Morgan fingerprint density at radius 1 is 0.930 bits per heavy atom. The van der Waals surface area contributed by atoms with Gasteiger partial charge in [0.1, 0.15) is 25.0 Å². The number of carbonyl (C=O) groups excluding carboxylic acids is 4. The van der Waals surface area contributed by atoms with E-state index in [-0.39, 0.29) is 62.9 Å². The van der Waals surface area contributed by atoms with Crippen molar-refractivity contribution in [1.29, 1.82) is 0 Å². The molecule has 0 saturated carbocycles. The maximum atomic E-state index is 14.4. The van der Waals surface area contributed by atoms with Crippen molar-refractivity contribution in [3.05, 3.63) is 90.5 Å². The third-order valence-corrected chi connectivity index (χ3v) is 12.3. The SMILES string of the molecule is C[C@@H](O)[C@H]1C(=O)N2C(C(=O)O)=C(S[C@H]3C[C@@H](C(=O)N4CCN(C(=O)OCc5ccc([N+](=O)[O-])cc5)C(C)(C)C4)N(C(=O)OCc4ccc([N+](=O)[O-])cc4)C3)[C@H](C)[C@H]12. The summed E-state index contributed by atoms with van der Waals surface area (Å²) < 4.78 is 11.1. The van der Waals surface area contributed by atoms with Gasteiger partial charge in [-0.15, -0.1) is 11.8 Å². The fourth-order valence-corrected chi connectivity index (χ4v) is 9.47. The predicted octanol–water partition coefficient (Wildman–Crippen LogP) is 3.73. The first-order valence-electron chi connectivity index (χ1n) is 18.2. The zero-order chi connectivity index (χ0) is 41.5. The number of aliphatic hydroxyl groups is 1. The van der Waals surface area contributed by atoms with Gasteiger partial charge in [-0.3, -0.25) is 39.6 Å². The molecular formula is C37H42N6O13S. The summed E-state index contributed by atoms with van der Waals surface area (Å²) in [5.74, 6) is -3.41. The molecule has 0 aliphatic carbocycles. The van der Waals surface area contributed by atoms with Gasteiger partial charge < -0.3 is 29.5 Å². The lowest BCUT2D eigenvalue weighted by atomic mass is 9.79. The number of likely N-dealkylation sites (tertiary alicyclic amines) is 1. The van der Waals surface area contributed by atoms with E-state index in [1.54, 1.807) is 25.7 Å². The lowest BCUT2D eigenvalue weighted by Gasteiger charge is -2.47. The number of nitrogens with zero attached hydrogens (tertiary/aromatic N) is 6. The first-order valence-corrected chi connectivity index (χ1v) is 19.1. The van der Waals surface area contributed by atoms with E-state index in [2.05, 4.69) is 0 Å². The molecule has 6 rings (SSSR count). The van der Waals surface area contributed by atoms with Crippen LogP contribution >= 0.6 is 11.8 Å². The maximum Gasteiger partial charge on any atom is 0.410 e. The highest BCUT2D eigenvalue weighted by molar-refractivity contribution is 8.03. The third-order valence-electron chi connectivity index (χ3n) is 10.8. The number of aliphatic hydroxyl groups excluding tert-OH is 1. The van der Waals surface area contributed by atoms with Crippen LogP contribution in [0.2, 0.25) is 0 Å². The second kappa shape index (κ2) is 16.0. The summed E-state index contributed by atoms with van der Waals surface area (Å²) in [7, 11) is 0. The number of nitro benzene ring substituents is 2. The molecule has 0 aromatic heterocycles. The molecule has 0 spiro atoms. The van der Waals surface area contributed by atoms with Crippen LogP contribution in [0.5, 0.6) is 0 Å². The molecule has 2 aromatic carbocycles. The number of fused-ring (bicyclic) bond motifs is 1. The van der Waals surface area contributed by atoms with Crippen molar-refractivity contribution in [3.8, 4) is 0 Å². The maximum absolute atomic E-state index is 14.4. The Morgan fingerprint density at radius 3 is 1.96 bits per heavy atom. The summed E-state index contributed by atoms with van der Waals surface area (Å²) in [5, 5.41) is 42.0. The standard InChI is InChI=1S/C37H42N6O13S/c1-20-29-28(21(2)44)33(46)41(29)30(34(47)48)31(20)57-26-15-27(39(16-26)35(49)55-17-22-5-9-24(10-6-22)42(51)52)32(45)38-13-14-40(37(3,4)19-38)36(50)56-18-23-7-11-25(12-8-23)43(53)54/h5-12,20-21,26-29,44H,13-19H2,1-4H3,(H,47,48)/t20-,21-,26+,27+,28-,29-/m1/s1. The minimum absolute atomic E-state index is 0.0138. The molecule has 0 radical (unpaired) electrons. The van der Waals surface area contributed by atoms with Crippen molar-refractivity contribution in [2.24, 2.45) is 11.8 Å². The van der Waals surface area contributed by atoms with Crippen molar-refractivity contribution < 1.29 is 53.5 Å². The summed E-state index contributed by atoms with van der Waals surface area (Å²) in [6.45, 7) is 6.66. The van der Waals surface area contributed by atoms with Gasteiger partial charge in [-0.2, -0.15) is 0 Å². The van der Waals surface area contributed by atoms with Crippen molar-refractivity contribution in [1.82, 2.24) is 19.6 Å². The van der Waals surface area contributed by atoms with E-state index in [1.807, 2.05) is 0 Å². The smallest absolute Gasteiger partial charge is 0.410 e. The fraction of sp³-hybridized carbons (Fsp3) is 0.486. The number of β-lactam (4-membered cyclic amide) rings is 1. The molecular weight excluding hydrogens is 769 g/mol. The number of carboxylic acids is 1. The fourth-order valence-electron chi connectivity index (χ4n) is 7.95. The van der Waals surface area contributed by atoms with Gasteiger partial charge >= 0.3 is 18.2 Å². The number of hydrogen-bond acceptors (Lipinski definition) is 13. The van der Waals surface area contributed by atoms with Gasteiger partial charge in [-0.05, 0) is 62.6 Å². The van der Waals surface area contributed by atoms with E-state index in [0.29, 0.717) is 16.0 Å². The molecule has 2 N–H and O–H groups in total. The molecule has 4 amide bonds. The average molecular weight is 811 g/mol. The lowest BCUT2D eigenvalue weighted by molar-refractivity contribution is -0.385. The molecule has 2 aromatic rings. The molecule has 20 heteroatoms. The van der Waals surface area contributed by atoms with E-state index in [0.717, 1.165) is 0 Å². The molecule has 4 heterocycles. The van der Waals surface area contributed by atoms with Crippen LogP contribution in [-0.2, 0) is 37.1 Å². The summed E-state index contributed by atoms with van der Waals surface area (Å²) in [6.07, 6.45) is -2.36. The Hall–Kier alpha value is -5.76. The van der Waals surface area contributed by atoms with E-state index < -0.39 is 80.6 Å². The number of non-ortho nitro benzene ring substituents is 2. The highest BCUT2D eigenvalue weighted by Crippen LogP contribution is 2.52. The summed E-state index contributed by atoms with van der Waals surface area (Å²) in [4.78, 5) is 93.6. The molecule has 0 unspecified atom stereocenters. The molecule has 0 bridgehead atoms. The second-order valence-electron chi connectivity index (χ2n) is 15.1. The van der Waals surface area contributed by atoms with Gasteiger partial charge in [0.05, 0.1) is 33.4 Å². The van der Waals surface area contributed by atoms with E-state index >= 15 is 0 Å². The Bertz CT molecular complexity index is 2010. The number of nitro groups is 2. The first kappa shape index (κ1) is 40.9. The van der Waals surface area contributed by atoms with Crippen LogP contribution in [0.1, 0.15) is 45.2 Å². The molecule has 3 saturated heterocycles. The molecule has 57 heavy (non-hydrogen) atoms. The average Bonchev–Trinajstić information content (AvgIpc) is 3.69. The highest BCUT2D eigenvalue weighted by Gasteiger charge is 2.60. The number of piperazine rings is 1. The number of carboxylic acid groups (broad SMARTS) is 1.